The first-order valence-electron chi connectivity index (χ1n) is 9.01. The van der Waals surface area contributed by atoms with Crippen molar-refractivity contribution in [2.24, 2.45) is 0 Å². The van der Waals surface area contributed by atoms with Gasteiger partial charge in [0.05, 0.1) is 5.60 Å². The number of aliphatic hydroxyl groups is 1. The van der Waals surface area contributed by atoms with E-state index in [1.807, 2.05) is 59.5 Å². The second-order valence-corrected chi connectivity index (χ2v) is 8.01. The van der Waals surface area contributed by atoms with Gasteiger partial charge in [-0.1, -0.05) is 49.4 Å². The fourth-order valence-electron chi connectivity index (χ4n) is 3.61. The molecule has 0 amide bonds. The lowest BCUT2D eigenvalue weighted by Gasteiger charge is -2.40. The SMILES string of the molecule is CCSc1ccc([C@@H](C(=O)O)N2CCC(O)(c3ccccc3)CC2)cc1. The predicted octanol–water partition coefficient (Wildman–Crippen LogP) is 3.91. The Morgan fingerprint density at radius 3 is 2.27 bits per heavy atom. The Kier molecular flexibility index (Phi) is 6.01. The molecule has 1 heterocycles. The quantitative estimate of drug-likeness (QED) is 0.754. The summed E-state index contributed by atoms with van der Waals surface area (Å²) in [7, 11) is 0. The number of thioether (sulfide) groups is 1. The summed E-state index contributed by atoms with van der Waals surface area (Å²) in [6.07, 6.45) is 1.06. The standard InChI is InChI=1S/C21H25NO3S/c1-2-26-18-10-8-16(9-11-18)19(20(23)24)22-14-12-21(25,13-15-22)17-6-4-3-5-7-17/h3-11,19,25H,2,12-15H2,1H3,(H,23,24)/t19-/m0/s1. The third-order valence-electron chi connectivity index (χ3n) is 5.04. The summed E-state index contributed by atoms with van der Waals surface area (Å²) >= 11 is 1.74. The molecule has 0 spiro atoms. The van der Waals surface area contributed by atoms with E-state index < -0.39 is 17.6 Å². The number of carboxylic acids is 1. The van der Waals surface area contributed by atoms with Gasteiger partial charge in [-0.25, -0.2) is 0 Å². The minimum absolute atomic E-state index is 0.532. The maximum absolute atomic E-state index is 11.9. The molecular weight excluding hydrogens is 346 g/mol. The van der Waals surface area contributed by atoms with Crippen LogP contribution in [0.1, 0.15) is 36.9 Å². The normalized spacial score (nSPS) is 18.4. The minimum Gasteiger partial charge on any atom is -0.480 e. The highest BCUT2D eigenvalue weighted by Crippen LogP contribution is 2.36. The van der Waals surface area contributed by atoms with Crippen molar-refractivity contribution in [1.82, 2.24) is 4.90 Å². The molecule has 1 aliphatic rings. The van der Waals surface area contributed by atoms with E-state index >= 15 is 0 Å². The van der Waals surface area contributed by atoms with E-state index in [0.29, 0.717) is 25.9 Å². The third kappa shape index (κ3) is 4.11. The van der Waals surface area contributed by atoms with Crippen LogP contribution >= 0.6 is 11.8 Å². The first-order valence-corrected chi connectivity index (χ1v) is 9.99. The number of rotatable bonds is 6. The molecule has 0 aliphatic carbocycles. The summed E-state index contributed by atoms with van der Waals surface area (Å²) in [4.78, 5) is 15.0. The zero-order valence-electron chi connectivity index (χ0n) is 15.0. The molecule has 0 aromatic heterocycles. The molecule has 0 radical (unpaired) electrons. The van der Waals surface area contributed by atoms with Crippen molar-refractivity contribution in [2.45, 2.75) is 36.3 Å². The van der Waals surface area contributed by atoms with Crippen molar-refractivity contribution in [2.75, 3.05) is 18.8 Å². The molecule has 1 fully saturated rings. The van der Waals surface area contributed by atoms with Crippen molar-refractivity contribution in [3.05, 3.63) is 65.7 Å². The van der Waals surface area contributed by atoms with Crippen LogP contribution in [-0.2, 0) is 10.4 Å². The van der Waals surface area contributed by atoms with Gasteiger partial charge < -0.3 is 10.2 Å². The van der Waals surface area contributed by atoms with Crippen LogP contribution in [0, 0.1) is 0 Å². The van der Waals surface area contributed by atoms with Crippen molar-refractivity contribution in [3.63, 3.8) is 0 Å². The maximum atomic E-state index is 11.9. The zero-order valence-corrected chi connectivity index (χ0v) is 15.8. The van der Waals surface area contributed by atoms with E-state index in [-0.39, 0.29) is 0 Å². The number of carbonyl (C=O) groups is 1. The van der Waals surface area contributed by atoms with Crippen molar-refractivity contribution >= 4 is 17.7 Å². The highest BCUT2D eigenvalue weighted by molar-refractivity contribution is 7.99. The van der Waals surface area contributed by atoms with E-state index in [1.54, 1.807) is 11.8 Å². The molecule has 2 aromatic rings. The Labute approximate surface area is 158 Å². The number of nitrogens with zero attached hydrogens (tertiary/aromatic N) is 1. The molecule has 0 saturated carbocycles. The van der Waals surface area contributed by atoms with Gasteiger partial charge in [0.15, 0.2) is 0 Å². The molecule has 2 N–H and O–H groups in total. The largest absolute Gasteiger partial charge is 0.480 e. The van der Waals surface area contributed by atoms with Crippen molar-refractivity contribution < 1.29 is 15.0 Å². The number of aliphatic carboxylic acids is 1. The van der Waals surface area contributed by atoms with Crippen molar-refractivity contribution in [1.29, 1.82) is 0 Å². The van der Waals surface area contributed by atoms with Crippen LogP contribution in [0.25, 0.3) is 0 Å². The van der Waals surface area contributed by atoms with Gasteiger partial charge in [0, 0.05) is 18.0 Å². The number of piperidine rings is 1. The van der Waals surface area contributed by atoms with E-state index in [0.717, 1.165) is 21.8 Å². The van der Waals surface area contributed by atoms with Gasteiger partial charge in [-0.05, 0) is 41.9 Å². The van der Waals surface area contributed by atoms with E-state index in [9.17, 15) is 15.0 Å². The molecule has 0 bridgehead atoms. The summed E-state index contributed by atoms with van der Waals surface area (Å²) < 4.78 is 0. The number of carboxylic acid groups (broad SMARTS) is 1. The second-order valence-electron chi connectivity index (χ2n) is 6.68. The summed E-state index contributed by atoms with van der Waals surface area (Å²) in [5.74, 6) is 0.150. The van der Waals surface area contributed by atoms with Gasteiger partial charge in [-0.3, -0.25) is 9.69 Å². The fourth-order valence-corrected chi connectivity index (χ4v) is 4.27. The Bertz CT molecular complexity index is 725. The molecule has 1 saturated heterocycles. The molecule has 0 unspecified atom stereocenters. The Hall–Kier alpha value is -1.82. The molecule has 1 aliphatic heterocycles. The highest BCUT2D eigenvalue weighted by atomic mass is 32.2. The fraction of sp³-hybridized carbons (Fsp3) is 0.381. The van der Waals surface area contributed by atoms with Gasteiger partial charge in [0.25, 0.3) is 0 Å². The molecule has 5 heteroatoms. The third-order valence-corrected chi connectivity index (χ3v) is 5.94. The zero-order chi connectivity index (χ0) is 18.6. The lowest BCUT2D eigenvalue weighted by atomic mass is 9.83. The van der Waals surface area contributed by atoms with Gasteiger partial charge in [0.2, 0.25) is 0 Å². The van der Waals surface area contributed by atoms with Crippen LogP contribution in [0.15, 0.2) is 59.5 Å². The maximum Gasteiger partial charge on any atom is 0.325 e. The average Bonchev–Trinajstić information content (AvgIpc) is 2.66. The van der Waals surface area contributed by atoms with Gasteiger partial charge in [0.1, 0.15) is 6.04 Å². The molecule has 2 aromatic carbocycles. The Morgan fingerprint density at radius 1 is 1.12 bits per heavy atom. The summed E-state index contributed by atoms with van der Waals surface area (Å²) in [5.41, 5.74) is 0.832. The molecule has 4 nitrogen and oxygen atoms in total. The van der Waals surface area contributed by atoms with E-state index in [1.165, 1.54) is 0 Å². The van der Waals surface area contributed by atoms with Crippen LogP contribution in [0.3, 0.4) is 0 Å². The second kappa shape index (κ2) is 8.25. The van der Waals surface area contributed by atoms with Crippen LogP contribution in [0.5, 0.6) is 0 Å². The van der Waals surface area contributed by atoms with E-state index in [2.05, 4.69) is 6.92 Å². The molecule has 1 atom stereocenters. The molecule has 3 rings (SSSR count). The Morgan fingerprint density at radius 2 is 1.73 bits per heavy atom. The van der Waals surface area contributed by atoms with Crippen LogP contribution in [-0.4, -0.2) is 39.9 Å². The minimum atomic E-state index is -0.873. The first kappa shape index (κ1) is 19.0. The van der Waals surface area contributed by atoms with Crippen LogP contribution in [0.2, 0.25) is 0 Å². The number of hydrogen-bond acceptors (Lipinski definition) is 4. The lowest BCUT2D eigenvalue weighted by molar-refractivity contribution is -0.146. The monoisotopic (exact) mass is 371 g/mol. The highest BCUT2D eigenvalue weighted by Gasteiger charge is 2.38. The number of likely N-dealkylation sites (tertiary alicyclic amines) is 1. The number of hydrogen-bond donors (Lipinski definition) is 2. The van der Waals surface area contributed by atoms with Gasteiger partial charge in [-0.2, -0.15) is 0 Å². The van der Waals surface area contributed by atoms with Gasteiger partial charge >= 0.3 is 5.97 Å². The van der Waals surface area contributed by atoms with Crippen LogP contribution in [0.4, 0.5) is 0 Å². The summed E-state index contributed by atoms with van der Waals surface area (Å²) in [5, 5.41) is 20.8. The summed E-state index contributed by atoms with van der Waals surface area (Å²) in [6, 6.07) is 16.8. The Balaban J connectivity index is 1.73. The number of benzene rings is 2. The molecule has 26 heavy (non-hydrogen) atoms. The van der Waals surface area contributed by atoms with Gasteiger partial charge in [-0.15, -0.1) is 11.8 Å². The van der Waals surface area contributed by atoms with Crippen molar-refractivity contribution in [3.8, 4) is 0 Å². The molecule has 138 valence electrons. The first-order chi connectivity index (χ1) is 12.5. The van der Waals surface area contributed by atoms with Crippen LogP contribution < -0.4 is 0 Å². The molecular formula is C21H25NO3S. The smallest absolute Gasteiger partial charge is 0.325 e. The predicted molar refractivity (Wildman–Crippen MR) is 104 cm³/mol. The lowest BCUT2D eigenvalue weighted by Crippen LogP contribution is -2.45. The summed E-state index contributed by atoms with van der Waals surface area (Å²) in [6.45, 7) is 3.20. The topological polar surface area (TPSA) is 60.8 Å². The average molecular weight is 372 g/mol. The van der Waals surface area contributed by atoms with E-state index in [4.69, 9.17) is 0 Å².